The van der Waals surface area contributed by atoms with Gasteiger partial charge < -0.3 is 20.3 Å². The highest BCUT2D eigenvalue weighted by atomic mass is 16.5. The van der Waals surface area contributed by atoms with Crippen LogP contribution in [0.2, 0.25) is 0 Å². The quantitative estimate of drug-likeness (QED) is 0.0248. The van der Waals surface area contributed by atoms with Gasteiger partial charge in [0.25, 0.3) is 0 Å². The number of unbranched alkanes of at least 4 members (excludes halogenated alkanes) is 20. The van der Waals surface area contributed by atoms with E-state index in [2.05, 4.69) is 44.3 Å². The molecule has 0 radical (unpaired) electrons. The highest BCUT2D eigenvalue weighted by Crippen LogP contribution is 2.15. The summed E-state index contributed by atoms with van der Waals surface area (Å²) in [7, 11) is 0. The number of nitrogens with one attached hydrogen (secondary N) is 1. The average Bonchev–Trinajstić information content (AvgIpc) is 3.20. The molecule has 1 amide bonds. The minimum Gasteiger partial charge on any atom is -0.458 e. The second-order valence-electron chi connectivity index (χ2n) is 15.5. The fourth-order valence-electron chi connectivity index (χ4n) is 6.54. The number of carbonyl (C=O) groups is 2. The number of hydrogen-bond donors (Lipinski definition) is 3. The van der Waals surface area contributed by atoms with Gasteiger partial charge >= 0.3 is 5.97 Å². The Balaban J connectivity index is 4.76. The van der Waals surface area contributed by atoms with Gasteiger partial charge in [-0.25, -0.2) is 0 Å². The molecule has 3 unspecified atom stereocenters. The fourth-order valence-corrected chi connectivity index (χ4v) is 6.54. The van der Waals surface area contributed by atoms with Crippen LogP contribution in [0.25, 0.3) is 0 Å². The van der Waals surface area contributed by atoms with Gasteiger partial charge in [-0.3, -0.25) is 9.59 Å². The molecule has 0 saturated carbocycles. The second kappa shape index (κ2) is 44.1. The van der Waals surface area contributed by atoms with E-state index in [1.807, 2.05) is 60.8 Å². The van der Waals surface area contributed by atoms with Gasteiger partial charge in [0, 0.05) is 6.42 Å². The van der Waals surface area contributed by atoms with Gasteiger partial charge in [-0.05, 0) is 51.0 Å². The first-order chi connectivity index (χ1) is 28.0. The van der Waals surface area contributed by atoms with Crippen LogP contribution in [-0.4, -0.2) is 46.9 Å². The lowest BCUT2D eigenvalue weighted by Crippen LogP contribution is -2.46. The van der Waals surface area contributed by atoms with Crippen molar-refractivity contribution >= 4 is 11.9 Å². The van der Waals surface area contributed by atoms with Crippen LogP contribution in [0.3, 0.4) is 0 Å². The molecule has 57 heavy (non-hydrogen) atoms. The maximum absolute atomic E-state index is 13.1. The van der Waals surface area contributed by atoms with E-state index in [9.17, 15) is 19.8 Å². The van der Waals surface area contributed by atoms with Gasteiger partial charge in [-0.2, -0.15) is 0 Å². The monoisotopic (exact) mass is 794 g/mol. The molecule has 6 nitrogen and oxygen atoms in total. The summed E-state index contributed by atoms with van der Waals surface area (Å²) in [5.74, 6) is -0.699. The Hall–Kier alpha value is -2.96. The molecule has 0 fully saturated rings. The minimum atomic E-state index is -0.826. The first-order valence-corrected chi connectivity index (χ1v) is 23.4. The van der Waals surface area contributed by atoms with Crippen LogP contribution in [0.4, 0.5) is 0 Å². The zero-order chi connectivity index (χ0) is 41.7. The first-order valence-electron chi connectivity index (χ1n) is 23.4. The maximum atomic E-state index is 13.1. The van der Waals surface area contributed by atoms with Gasteiger partial charge in [-0.1, -0.05) is 222 Å². The van der Waals surface area contributed by atoms with Gasteiger partial charge in [0.1, 0.15) is 6.10 Å². The second-order valence-corrected chi connectivity index (χ2v) is 15.5. The smallest absolute Gasteiger partial charge is 0.306 e. The lowest BCUT2D eigenvalue weighted by molar-refractivity contribution is -0.148. The van der Waals surface area contributed by atoms with Gasteiger partial charge in [-0.15, -0.1) is 0 Å². The molecular formula is C51H87NO5. The number of rotatable bonds is 40. The third kappa shape index (κ3) is 39.6. The van der Waals surface area contributed by atoms with Crippen LogP contribution in [0.15, 0.2) is 85.1 Å². The Bertz CT molecular complexity index is 1120. The fraction of sp³-hybridized carbons (Fsp3) is 0.686. The van der Waals surface area contributed by atoms with Crippen molar-refractivity contribution in [1.29, 1.82) is 0 Å². The van der Waals surface area contributed by atoms with Crippen molar-refractivity contribution in [3.8, 4) is 0 Å². The van der Waals surface area contributed by atoms with Gasteiger partial charge in [0.15, 0.2) is 0 Å². The molecule has 0 aromatic heterocycles. The third-order valence-corrected chi connectivity index (χ3v) is 10.1. The number of aliphatic hydroxyl groups excluding tert-OH is 2. The number of ether oxygens (including phenoxy) is 1. The van der Waals surface area contributed by atoms with Gasteiger partial charge in [0.05, 0.1) is 25.2 Å². The number of aliphatic hydroxyl groups is 2. The number of amides is 1. The van der Waals surface area contributed by atoms with E-state index in [0.29, 0.717) is 19.3 Å². The van der Waals surface area contributed by atoms with Crippen LogP contribution >= 0.6 is 0 Å². The van der Waals surface area contributed by atoms with Crippen LogP contribution in [0.1, 0.15) is 201 Å². The molecule has 326 valence electrons. The third-order valence-electron chi connectivity index (χ3n) is 10.1. The molecule has 0 heterocycles. The van der Waals surface area contributed by atoms with Crippen molar-refractivity contribution < 1.29 is 24.5 Å². The standard InChI is InChI=1S/C51H87NO5/c1-4-7-10-13-16-19-22-24-26-28-31-34-37-40-43-49(54)48(46-53)52-50(55)45-47(42-39-36-33-30-27-21-18-15-12-9-6-3)57-51(56)44-41-38-35-32-29-25-23-20-17-14-11-8-5-2/h8,11,14,17,20,23,25,29-30,32-33,35,39,42,47-49,53-54H,4-7,9-10,12-13,15-16,18-19,21-22,24,26-28,31,34,36-38,40-41,43-46H2,1-3H3,(H,52,55)/b11-8+,17-14+,23-20-,29-25-,33-30-,35-32+,42-39+. The zero-order valence-corrected chi connectivity index (χ0v) is 36.9. The molecule has 0 aliphatic heterocycles. The number of carbonyl (C=O) groups excluding carboxylic acids is 2. The SMILES string of the molecule is CC/C=C/C=C/C=C\C=C/C=C/CCCC(=O)OC(/C=C/C/C=C\CCCCCCCC)CC(=O)NC(CO)C(O)CCCCCCCCCCCCCCCC. The van der Waals surface area contributed by atoms with Crippen molar-refractivity contribution in [3.05, 3.63) is 85.1 Å². The topological polar surface area (TPSA) is 95.9 Å². The molecule has 6 heteroatoms. The van der Waals surface area contributed by atoms with Crippen LogP contribution in [0.5, 0.6) is 0 Å². The number of hydrogen-bond acceptors (Lipinski definition) is 5. The summed E-state index contributed by atoms with van der Waals surface area (Å²) in [5, 5.41) is 23.6. The van der Waals surface area contributed by atoms with Crippen LogP contribution in [-0.2, 0) is 14.3 Å². The van der Waals surface area contributed by atoms with E-state index < -0.39 is 18.2 Å². The molecule has 0 aliphatic rings. The molecule has 0 rings (SSSR count). The predicted molar refractivity (Wildman–Crippen MR) is 245 cm³/mol. The summed E-state index contributed by atoms with van der Waals surface area (Å²) in [4.78, 5) is 25.9. The average molecular weight is 794 g/mol. The lowest BCUT2D eigenvalue weighted by atomic mass is 10.0. The van der Waals surface area contributed by atoms with Gasteiger partial charge in [0.2, 0.25) is 5.91 Å². The van der Waals surface area contributed by atoms with E-state index in [0.717, 1.165) is 38.5 Å². The normalized spacial score (nSPS) is 14.1. The summed E-state index contributed by atoms with van der Waals surface area (Å²) in [6, 6.07) is -0.750. The molecule has 3 atom stereocenters. The molecule has 0 spiro atoms. The van der Waals surface area contributed by atoms with Crippen LogP contribution in [0, 0.1) is 0 Å². The van der Waals surface area contributed by atoms with Crippen molar-refractivity contribution in [2.75, 3.05) is 6.61 Å². The summed E-state index contributed by atoms with van der Waals surface area (Å²) in [6.45, 7) is 6.26. The summed E-state index contributed by atoms with van der Waals surface area (Å²) in [5.41, 5.74) is 0. The van der Waals surface area contributed by atoms with Crippen molar-refractivity contribution in [1.82, 2.24) is 5.32 Å². The molecule has 3 N–H and O–H groups in total. The molecule has 0 bridgehead atoms. The van der Waals surface area contributed by atoms with E-state index in [-0.39, 0.29) is 31.3 Å². The molecule has 0 aromatic carbocycles. The largest absolute Gasteiger partial charge is 0.458 e. The lowest BCUT2D eigenvalue weighted by Gasteiger charge is -2.23. The highest BCUT2D eigenvalue weighted by molar-refractivity contribution is 5.78. The molecule has 0 aromatic rings. The molecule has 0 aliphatic carbocycles. The van der Waals surface area contributed by atoms with Crippen molar-refractivity contribution in [2.24, 2.45) is 0 Å². The Morgan fingerprint density at radius 1 is 0.561 bits per heavy atom. The highest BCUT2D eigenvalue weighted by Gasteiger charge is 2.23. The Morgan fingerprint density at radius 2 is 1.05 bits per heavy atom. The first kappa shape index (κ1) is 54.0. The van der Waals surface area contributed by atoms with Crippen molar-refractivity contribution in [3.63, 3.8) is 0 Å². The molecule has 0 saturated heterocycles. The zero-order valence-electron chi connectivity index (χ0n) is 36.9. The predicted octanol–water partition coefficient (Wildman–Crippen LogP) is 13.6. The Labute approximate surface area is 351 Å². The Kier molecular flexibility index (Phi) is 41.9. The van der Waals surface area contributed by atoms with E-state index in [1.54, 1.807) is 6.08 Å². The summed E-state index contributed by atoms with van der Waals surface area (Å²) >= 11 is 0. The number of esters is 1. The van der Waals surface area contributed by atoms with Crippen LogP contribution < -0.4 is 5.32 Å². The number of allylic oxidation sites excluding steroid dienone is 13. The Morgan fingerprint density at radius 3 is 1.60 bits per heavy atom. The van der Waals surface area contributed by atoms with E-state index >= 15 is 0 Å². The van der Waals surface area contributed by atoms with E-state index in [4.69, 9.17) is 4.74 Å². The van der Waals surface area contributed by atoms with Crippen molar-refractivity contribution in [2.45, 2.75) is 219 Å². The van der Waals surface area contributed by atoms with E-state index in [1.165, 1.54) is 109 Å². The summed E-state index contributed by atoms with van der Waals surface area (Å²) in [6.07, 6.45) is 56.8. The maximum Gasteiger partial charge on any atom is 0.306 e. The molecular weight excluding hydrogens is 707 g/mol. The summed E-state index contributed by atoms with van der Waals surface area (Å²) < 4.78 is 5.76. The minimum absolute atomic E-state index is 0.0614.